The zero-order valence-electron chi connectivity index (χ0n) is 11.7. The molecule has 0 heterocycles. The van der Waals surface area contributed by atoms with Gasteiger partial charge in [-0.3, -0.25) is 14.5 Å². The molecule has 0 aromatic heterocycles. The number of nitrogens with zero attached hydrogens (tertiary/aromatic N) is 1. The monoisotopic (exact) mass is 329 g/mol. The number of carbonyl (C=O) groups is 2. The molecular weight excluding hydrogens is 313 g/mol. The van der Waals surface area contributed by atoms with Crippen LogP contribution in [0.3, 0.4) is 0 Å². The average molecular weight is 330 g/mol. The molecule has 0 aliphatic rings. The van der Waals surface area contributed by atoms with Gasteiger partial charge >= 0.3 is 0 Å². The van der Waals surface area contributed by atoms with Gasteiger partial charge < -0.3 is 10.6 Å². The Hall–Kier alpha value is -1.56. The van der Waals surface area contributed by atoms with Gasteiger partial charge in [0, 0.05) is 12.2 Å². The van der Waals surface area contributed by atoms with E-state index in [9.17, 15) is 9.59 Å². The van der Waals surface area contributed by atoms with Gasteiger partial charge in [-0.2, -0.15) is 0 Å². The van der Waals surface area contributed by atoms with Gasteiger partial charge in [0.25, 0.3) is 0 Å². The molecule has 0 atom stereocenters. The molecule has 0 radical (unpaired) electrons. The molecule has 0 saturated heterocycles. The second kappa shape index (κ2) is 8.67. The minimum atomic E-state index is -0.243. The summed E-state index contributed by atoms with van der Waals surface area (Å²) in [5.74, 6) is -0.410. The van der Waals surface area contributed by atoms with E-state index in [1.807, 2.05) is 0 Å². The van der Waals surface area contributed by atoms with E-state index in [-0.39, 0.29) is 24.9 Å². The van der Waals surface area contributed by atoms with Gasteiger partial charge in [-0.25, -0.2) is 0 Å². The molecule has 2 amide bonds. The molecule has 0 unspecified atom stereocenters. The molecule has 5 nitrogen and oxygen atoms in total. The number of likely N-dealkylation sites (N-methyl/N-ethyl adjacent to an activating group) is 1. The average Bonchev–Trinajstić information content (AvgIpc) is 2.40. The lowest BCUT2D eigenvalue weighted by molar-refractivity contribution is -0.122. The van der Waals surface area contributed by atoms with Gasteiger partial charge in [-0.15, -0.1) is 6.58 Å². The van der Waals surface area contributed by atoms with Crippen LogP contribution in [-0.4, -0.2) is 43.4 Å². The Labute approximate surface area is 133 Å². The summed E-state index contributed by atoms with van der Waals surface area (Å²) in [4.78, 5) is 24.9. The third-order valence-electron chi connectivity index (χ3n) is 2.47. The van der Waals surface area contributed by atoms with E-state index in [2.05, 4.69) is 17.2 Å². The number of benzene rings is 1. The van der Waals surface area contributed by atoms with Crippen molar-refractivity contribution in [1.82, 2.24) is 10.2 Å². The topological polar surface area (TPSA) is 61.4 Å². The third kappa shape index (κ3) is 6.62. The fourth-order valence-electron chi connectivity index (χ4n) is 1.56. The van der Waals surface area contributed by atoms with E-state index >= 15 is 0 Å². The first-order valence-electron chi connectivity index (χ1n) is 6.23. The summed E-state index contributed by atoms with van der Waals surface area (Å²) in [5.41, 5.74) is 0.555. The minimum Gasteiger partial charge on any atom is -0.352 e. The van der Waals surface area contributed by atoms with Crippen LogP contribution in [0, 0.1) is 0 Å². The number of hydrogen-bond acceptors (Lipinski definition) is 3. The zero-order chi connectivity index (χ0) is 15.8. The molecule has 1 aromatic carbocycles. The first-order chi connectivity index (χ1) is 9.92. The van der Waals surface area contributed by atoms with Crippen LogP contribution in [0.15, 0.2) is 30.9 Å². The number of halogens is 2. The number of carbonyl (C=O) groups excluding carboxylic acids is 2. The second-order valence-electron chi connectivity index (χ2n) is 4.44. The highest BCUT2D eigenvalue weighted by molar-refractivity contribution is 6.42. The molecule has 2 N–H and O–H groups in total. The van der Waals surface area contributed by atoms with Crippen molar-refractivity contribution in [3.63, 3.8) is 0 Å². The van der Waals surface area contributed by atoms with E-state index in [4.69, 9.17) is 23.2 Å². The normalized spacial score (nSPS) is 10.3. The summed E-state index contributed by atoms with van der Waals surface area (Å²) in [7, 11) is 1.68. The standard InChI is InChI=1S/C14H17Cl2N3O2/c1-3-6-17-13(20)8-19(2)9-14(21)18-10-4-5-11(15)12(16)7-10/h3-5,7H,1,6,8-9H2,2H3,(H,17,20)(H,18,21). The largest absolute Gasteiger partial charge is 0.352 e. The van der Waals surface area contributed by atoms with Gasteiger partial charge in [0.15, 0.2) is 0 Å². The molecule has 114 valence electrons. The first kappa shape index (κ1) is 17.5. The maximum absolute atomic E-state index is 11.8. The van der Waals surface area contributed by atoms with Crippen molar-refractivity contribution in [3.8, 4) is 0 Å². The highest BCUT2D eigenvalue weighted by Gasteiger charge is 2.11. The lowest BCUT2D eigenvalue weighted by Gasteiger charge is -2.15. The lowest BCUT2D eigenvalue weighted by Crippen LogP contribution is -2.38. The van der Waals surface area contributed by atoms with Crippen molar-refractivity contribution in [1.29, 1.82) is 0 Å². The predicted octanol–water partition coefficient (Wildman–Crippen LogP) is 2.17. The lowest BCUT2D eigenvalue weighted by atomic mass is 10.3. The molecule has 1 aromatic rings. The van der Waals surface area contributed by atoms with Crippen molar-refractivity contribution in [2.24, 2.45) is 0 Å². The number of anilines is 1. The van der Waals surface area contributed by atoms with Gasteiger partial charge in [-0.1, -0.05) is 29.3 Å². The van der Waals surface area contributed by atoms with Crippen LogP contribution in [-0.2, 0) is 9.59 Å². The van der Waals surface area contributed by atoms with Gasteiger partial charge in [0.05, 0.1) is 23.1 Å². The first-order valence-corrected chi connectivity index (χ1v) is 6.99. The summed E-state index contributed by atoms with van der Waals surface area (Å²) in [6, 6.07) is 4.83. The second-order valence-corrected chi connectivity index (χ2v) is 5.26. The highest BCUT2D eigenvalue weighted by atomic mass is 35.5. The molecule has 0 bridgehead atoms. The summed E-state index contributed by atoms with van der Waals surface area (Å²) < 4.78 is 0. The van der Waals surface area contributed by atoms with Crippen molar-refractivity contribution in [2.75, 3.05) is 32.0 Å². The zero-order valence-corrected chi connectivity index (χ0v) is 13.2. The minimum absolute atomic E-state index is 0.0851. The van der Waals surface area contributed by atoms with Crippen LogP contribution in [0.2, 0.25) is 10.0 Å². The molecule has 0 fully saturated rings. The number of amides is 2. The maximum Gasteiger partial charge on any atom is 0.238 e. The summed E-state index contributed by atoms with van der Waals surface area (Å²) in [6.45, 7) is 4.13. The van der Waals surface area contributed by atoms with E-state index < -0.39 is 0 Å². The van der Waals surface area contributed by atoms with E-state index in [1.54, 1.807) is 36.2 Å². The van der Waals surface area contributed by atoms with Crippen LogP contribution >= 0.6 is 23.2 Å². The van der Waals surface area contributed by atoms with E-state index in [1.165, 1.54) is 0 Å². The van der Waals surface area contributed by atoms with Gasteiger partial charge in [0.1, 0.15) is 0 Å². The molecule has 1 rings (SSSR count). The molecule has 21 heavy (non-hydrogen) atoms. The van der Waals surface area contributed by atoms with Gasteiger partial charge in [0.2, 0.25) is 11.8 Å². The molecule has 0 saturated carbocycles. The van der Waals surface area contributed by atoms with Crippen molar-refractivity contribution >= 4 is 40.7 Å². The van der Waals surface area contributed by atoms with Crippen LogP contribution in [0.25, 0.3) is 0 Å². The van der Waals surface area contributed by atoms with Crippen LogP contribution in [0.1, 0.15) is 0 Å². The number of rotatable bonds is 7. The van der Waals surface area contributed by atoms with Crippen molar-refractivity contribution in [2.45, 2.75) is 0 Å². The predicted molar refractivity (Wildman–Crippen MR) is 85.8 cm³/mol. The highest BCUT2D eigenvalue weighted by Crippen LogP contribution is 2.24. The van der Waals surface area contributed by atoms with E-state index in [0.717, 1.165) is 0 Å². The number of nitrogens with one attached hydrogen (secondary N) is 2. The Morgan fingerprint density at radius 1 is 1.24 bits per heavy atom. The quantitative estimate of drug-likeness (QED) is 0.753. The van der Waals surface area contributed by atoms with Crippen molar-refractivity contribution < 1.29 is 9.59 Å². The third-order valence-corrected chi connectivity index (χ3v) is 3.21. The molecule has 0 aliphatic carbocycles. The molecular formula is C14H17Cl2N3O2. The fraction of sp³-hybridized carbons (Fsp3) is 0.286. The smallest absolute Gasteiger partial charge is 0.238 e. The molecule has 0 spiro atoms. The SMILES string of the molecule is C=CCNC(=O)CN(C)CC(=O)Nc1ccc(Cl)c(Cl)c1. The fourth-order valence-corrected chi connectivity index (χ4v) is 1.86. The van der Waals surface area contributed by atoms with Crippen LogP contribution in [0.5, 0.6) is 0 Å². The molecule has 0 aliphatic heterocycles. The molecule has 7 heteroatoms. The maximum atomic E-state index is 11.8. The summed E-state index contributed by atoms with van der Waals surface area (Å²) >= 11 is 11.7. The Bertz CT molecular complexity index is 535. The Balaban J connectivity index is 2.43. The van der Waals surface area contributed by atoms with E-state index in [0.29, 0.717) is 22.3 Å². The Kier molecular flexibility index (Phi) is 7.22. The van der Waals surface area contributed by atoms with Crippen LogP contribution in [0.4, 0.5) is 5.69 Å². The summed E-state index contributed by atoms with van der Waals surface area (Å²) in [6.07, 6.45) is 1.59. The van der Waals surface area contributed by atoms with Gasteiger partial charge in [-0.05, 0) is 25.2 Å². The summed E-state index contributed by atoms with van der Waals surface area (Å²) in [5, 5.41) is 6.11. The van der Waals surface area contributed by atoms with Crippen molar-refractivity contribution in [3.05, 3.63) is 40.9 Å². The Morgan fingerprint density at radius 2 is 1.90 bits per heavy atom. The van der Waals surface area contributed by atoms with Crippen LogP contribution < -0.4 is 10.6 Å². The number of hydrogen-bond donors (Lipinski definition) is 2. The Morgan fingerprint density at radius 3 is 2.52 bits per heavy atom.